The molecule has 174 valence electrons. The lowest BCUT2D eigenvalue weighted by molar-refractivity contribution is 0.0925. The van der Waals surface area contributed by atoms with Crippen LogP contribution >= 0.6 is 24.0 Å². The Hall–Kier alpha value is -2.00. The Kier molecular flexibility index (Phi) is 9.47. The van der Waals surface area contributed by atoms with Gasteiger partial charge in [0.15, 0.2) is 5.96 Å². The number of nitrogens with zero attached hydrogens (tertiary/aromatic N) is 3. The summed E-state index contributed by atoms with van der Waals surface area (Å²) in [5, 5.41) is 3.50. The van der Waals surface area contributed by atoms with Crippen molar-refractivity contribution in [2.45, 2.75) is 19.4 Å². The molecule has 2 heterocycles. The standard InChI is InChI=1S/C25H34N4O2.HI/c1-3-26-25(27-19-21-13-18-31-24(21)20-9-5-4-6-10-20)29-16-14-28(15-17-29)22-11-7-8-12-23(22)30-2;/h4-12,21,24H,3,13-19H2,1-2H3,(H,26,27);1H. The number of ether oxygens (including phenoxy) is 2. The highest BCUT2D eigenvalue weighted by molar-refractivity contribution is 14.0. The second-order valence-corrected chi connectivity index (χ2v) is 8.09. The van der Waals surface area contributed by atoms with E-state index in [-0.39, 0.29) is 30.1 Å². The molecular formula is C25H35IN4O2. The summed E-state index contributed by atoms with van der Waals surface area (Å²) in [6, 6.07) is 18.8. The fourth-order valence-electron chi connectivity index (χ4n) is 4.51. The maximum absolute atomic E-state index is 6.05. The lowest BCUT2D eigenvalue weighted by Crippen LogP contribution is -2.52. The second-order valence-electron chi connectivity index (χ2n) is 8.09. The molecule has 0 radical (unpaired) electrons. The number of hydrogen-bond acceptors (Lipinski definition) is 4. The summed E-state index contributed by atoms with van der Waals surface area (Å²) in [5.74, 6) is 2.37. The third-order valence-corrected chi connectivity index (χ3v) is 6.16. The highest BCUT2D eigenvalue weighted by Crippen LogP contribution is 2.34. The monoisotopic (exact) mass is 550 g/mol. The first kappa shape index (κ1) is 24.6. The summed E-state index contributed by atoms with van der Waals surface area (Å²) < 4.78 is 11.6. The number of guanidine groups is 1. The summed E-state index contributed by atoms with van der Waals surface area (Å²) in [6.45, 7) is 8.37. The van der Waals surface area contributed by atoms with Crippen molar-refractivity contribution < 1.29 is 9.47 Å². The Morgan fingerprint density at radius 3 is 2.50 bits per heavy atom. The number of methoxy groups -OCH3 is 1. The molecule has 6 nitrogen and oxygen atoms in total. The number of benzene rings is 2. The van der Waals surface area contributed by atoms with Gasteiger partial charge in [-0.15, -0.1) is 24.0 Å². The lowest BCUT2D eigenvalue weighted by Gasteiger charge is -2.38. The van der Waals surface area contributed by atoms with Crippen LogP contribution in [0, 0.1) is 5.92 Å². The molecule has 2 saturated heterocycles. The van der Waals surface area contributed by atoms with E-state index in [2.05, 4.69) is 64.5 Å². The first-order valence-electron chi connectivity index (χ1n) is 11.4. The van der Waals surface area contributed by atoms with Crippen molar-refractivity contribution in [2.75, 3.05) is 57.9 Å². The van der Waals surface area contributed by atoms with E-state index >= 15 is 0 Å². The van der Waals surface area contributed by atoms with Gasteiger partial charge in [0.2, 0.25) is 0 Å². The minimum absolute atomic E-state index is 0. The maximum Gasteiger partial charge on any atom is 0.194 e. The van der Waals surface area contributed by atoms with Gasteiger partial charge in [0.1, 0.15) is 5.75 Å². The van der Waals surface area contributed by atoms with Crippen molar-refractivity contribution in [2.24, 2.45) is 10.9 Å². The average Bonchev–Trinajstić information content (AvgIpc) is 3.31. The summed E-state index contributed by atoms with van der Waals surface area (Å²) in [4.78, 5) is 9.81. The highest BCUT2D eigenvalue weighted by Gasteiger charge is 2.30. The molecule has 2 unspecified atom stereocenters. The van der Waals surface area contributed by atoms with E-state index in [1.165, 1.54) is 11.3 Å². The van der Waals surface area contributed by atoms with Crippen LogP contribution in [0.5, 0.6) is 5.75 Å². The molecule has 2 aromatic rings. The number of nitrogens with one attached hydrogen (secondary N) is 1. The number of aliphatic imine (C=N–C) groups is 1. The normalized spacial score (nSPS) is 21.2. The minimum Gasteiger partial charge on any atom is -0.495 e. The predicted molar refractivity (Wildman–Crippen MR) is 141 cm³/mol. The molecule has 7 heteroatoms. The Balaban J connectivity index is 0.00000289. The van der Waals surface area contributed by atoms with Crippen LogP contribution in [-0.4, -0.2) is 63.8 Å². The molecule has 2 atom stereocenters. The van der Waals surface area contributed by atoms with E-state index in [0.29, 0.717) is 5.92 Å². The Labute approximate surface area is 209 Å². The maximum atomic E-state index is 6.05. The van der Waals surface area contributed by atoms with Crippen molar-refractivity contribution in [1.82, 2.24) is 10.2 Å². The Morgan fingerprint density at radius 1 is 1.06 bits per heavy atom. The van der Waals surface area contributed by atoms with Gasteiger partial charge in [0.25, 0.3) is 0 Å². The number of anilines is 1. The van der Waals surface area contributed by atoms with Crippen molar-refractivity contribution >= 4 is 35.6 Å². The number of halogens is 1. The van der Waals surface area contributed by atoms with Gasteiger partial charge in [-0.25, -0.2) is 0 Å². The predicted octanol–water partition coefficient (Wildman–Crippen LogP) is 4.18. The first-order chi connectivity index (χ1) is 15.3. The van der Waals surface area contributed by atoms with Gasteiger partial charge >= 0.3 is 0 Å². The van der Waals surface area contributed by atoms with Gasteiger partial charge in [-0.05, 0) is 31.0 Å². The smallest absolute Gasteiger partial charge is 0.194 e. The van der Waals surface area contributed by atoms with Crippen molar-refractivity contribution in [1.29, 1.82) is 0 Å². The van der Waals surface area contributed by atoms with Crippen LogP contribution in [-0.2, 0) is 4.74 Å². The summed E-state index contributed by atoms with van der Waals surface area (Å²) in [7, 11) is 1.74. The minimum atomic E-state index is 0. The zero-order valence-corrected chi connectivity index (χ0v) is 21.4. The van der Waals surface area contributed by atoms with E-state index in [0.717, 1.165) is 64.0 Å². The molecule has 1 N–H and O–H groups in total. The van der Waals surface area contributed by atoms with Crippen LogP contribution in [0.4, 0.5) is 5.69 Å². The summed E-state index contributed by atoms with van der Waals surface area (Å²) in [5.41, 5.74) is 2.43. The van der Waals surface area contributed by atoms with E-state index in [9.17, 15) is 0 Å². The fourth-order valence-corrected chi connectivity index (χ4v) is 4.51. The molecule has 0 aromatic heterocycles. The number of hydrogen-bond donors (Lipinski definition) is 1. The molecule has 0 bridgehead atoms. The first-order valence-corrected chi connectivity index (χ1v) is 11.4. The molecule has 0 amide bonds. The van der Waals surface area contributed by atoms with Gasteiger partial charge in [-0.3, -0.25) is 4.99 Å². The van der Waals surface area contributed by atoms with Crippen LogP contribution < -0.4 is 15.0 Å². The third-order valence-electron chi connectivity index (χ3n) is 6.16. The second kappa shape index (κ2) is 12.3. The van der Waals surface area contributed by atoms with Gasteiger partial charge in [-0.2, -0.15) is 0 Å². The number of rotatable bonds is 6. The summed E-state index contributed by atoms with van der Waals surface area (Å²) >= 11 is 0. The van der Waals surface area contributed by atoms with E-state index in [1.807, 2.05) is 12.1 Å². The molecule has 2 aliphatic heterocycles. The third kappa shape index (κ3) is 5.86. The molecule has 0 aliphatic carbocycles. The van der Waals surface area contributed by atoms with Crippen molar-refractivity contribution in [3.05, 3.63) is 60.2 Å². The Morgan fingerprint density at radius 2 is 1.78 bits per heavy atom. The van der Waals surface area contributed by atoms with E-state index < -0.39 is 0 Å². The van der Waals surface area contributed by atoms with Gasteiger partial charge in [0, 0.05) is 51.8 Å². The van der Waals surface area contributed by atoms with Crippen LogP contribution in [0.3, 0.4) is 0 Å². The molecule has 32 heavy (non-hydrogen) atoms. The SMILES string of the molecule is CCNC(=NCC1CCOC1c1ccccc1)N1CCN(c2ccccc2OC)CC1.I. The summed E-state index contributed by atoms with van der Waals surface area (Å²) in [6.07, 6.45) is 1.21. The molecular weight excluding hydrogens is 515 g/mol. The van der Waals surface area contributed by atoms with Crippen molar-refractivity contribution in [3.8, 4) is 5.75 Å². The average molecular weight is 550 g/mol. The Bertz CT molecular complexity index is 856. The van der Waals surface area contributed by atoms with Crippen LogP contribution in [0.25, 0.3) is 0 Å². The molecule has 4 rings (SSSR count). The van der Waals surface area contributed by atoms with Crippen LogP contribution in [0.1, 0.15) is 25.0 Å². The molecule has 2 aliphatic rings. The largest absolute Gasteiger partial charge is 0.495 e. The quantitative estimate of drug-likeness (QED) is 0.333. The lowest BCUT2D eigenvalue weighted by atomic mass is 9.95. The fraction of sp³-hybridized carbons (Fsp3) is 0.480. The van der Waals surface area contributed by atoms with Crippen LogP contribution in [0.2, 0.25) is 0 Å². The zero-order valence-electron chi connectivity index (χ0n) is 19.1. The molecule has 2 aromatic carbocycles. The topological polar surface area (TPSA) is 49.3 Å². The molecule has 0 saturated carbocycles. The number of piperazine rings is 1. The zero-order chi connectivity index (χ0) is 21.5. The van der Waals surface area contributed by atoms with E-state index in [4.69, 9.17) is 14.5 Å². The number of para-hydroxylation sites is 2. The van der Waals surface area contributed by atoms with E-state index in [1.54, 1.807) is 7.11 Å². The van der Waals surface area contributed by atoms with Gasteiger partial charge in [-0.1, -0.05) is 42.5 Å². The van der Waals surface area contributed by atoms with Gasteiger partial charge < -0.3 is 24.6 Å². The molecule has 2 fully saturated rings. The highest BCUT2D eigenvalue weighted by atomic mass is 127. The molecule has 0 spiro atoms. The van der Waals surface area contributed by atoms with Crippen LogP contribution in [0.15, 0.2) is 59.6 Å². The van der Waals surface area contributed by atoms with Crippen molar-refractivity contribution in [3.63, 3.8) is 0 Å². The van der Waals surface area contributed by atoms with Gasteiger partial charge in [0.05, 0.1) is 18.9 Å².